The molecule has 1 saturated heterocycles. The van der Waals surface area contributed by atoms with Crippen LogP contribution in [0.4, 0.5) is 0 Å². The summed E-state index contributed by atoms with van der Waals surface area (Å²) in [6, 6.07) is 2.04. The number of aliphatic carboxylic acids is 1. The van der Waals surface area contributed by atoms with Crippen molar-refractivity contribution in [1.29, 1.82) is 0 Å². The number of primary amides is 1. The number of rotatable bonds is 12. The third-order valence-electron chi connectivity index (χ3n) is 5.43. The van der Waals surface area contributed by atoms with Gasteiger partial charge in [0.15, 0.2) is 0 Å². The van der Waals surface area contributed by atoms with Gasteiger partial charge < -0.3 is 37.2 Å². The Balaban J connectivity index is 2.10. The van der Waals surface area contributed by atoms with Gasteiger partial charge in [0.05, 0.1) is 6.04 Å². The number of hydrogen-bond donors (Lipinski definition) is 7. The third-order valence-corrected chi connectivity index (χ3v) is 5.43. The first-order chi connectivity index (χ1) is 16.1. The number of phenolic OH excluding ortho intramolecular Hbond substituents is 1. The molecule has 0 aromatic heterocycles. The molecule has 1 aromatic carbocycles. The van der Waals surface area contributed by atoms with Crippen LogP contribution >= 0.6 is 0 Å². The first-order valence-electron chi connectivity index (χ1n) is 11.0. The molecule has 1 aliphatic heterocycles. The summed E-state index contributed by atoms with van der Waals surface area (Å²) in [6.07, 6.45) is 1.05. The highest BCUT2D eigenvalue weighted by Crippen LogP contribution is 2.12. The van der Waals surface area contributed by atoms with Crippen LogP contribution in [0.25, 0.3) is 0 Å². The van der Waals surface area contributed by atoms with Crippen molar-refractivity contribution in [3.05, 3.63) is 29.8 Å². The normalized spacial score (nSPS) is 17.7. The molecule has 1 aliphatic rings. The summed E-state index contributed by atoms with van der Waals surface area (Å²) in [6.45, 7) is 2.19. The number of nitrogens with one attached hydrogen (secondary N) is 4. The maximum atomic E-state index is 12.9. The lowest BCUT2D eigenvalue weighted by Gasteiger charge is -2.24. The number of carboxylic acid groups (broad SMARTS) is 1. The fourth-order valence-electron chi connectivity index (χ4n) is 3.48. The van der Waals surface area contributed by atoms with Crippen molar-refractivity contribution in [3.8, 4) is 5.75 Å². The van der Waals surface area contributed by atoms with Crippen LogP contribution in [0.5, 0.6) is 5.75 Å². The Morgan fingerprint density at radius 3 is 2.26 bits per heavy atom. The largest absolute Gasteiger partial charge is 0.508 e. The van der Waals surface area contributed by atoms with Crippen molar-refractivity contribution in [3.63, 3.8) is 0 Å². The van der Waals surface area contributed by atoms with E-state index in [0.717, 1.165) is 6.42 Å². The van der Waals surface area contributed by atoms with Crippen LogP contribution in [0, 0.1) is 0 Å². The van der Waals surface area contributed by atoms with Gasteiger partial charge in [-0.2, -0.15) is 0 Å². The zero-order valence-corrected chi connectivity index (χ0v) is 18.9. The molecule has 1 fully saturated rings. The number of amides is 4. The van der Waals surface area contributed by atoms with Crippen LogP contribution < -0.4 is 27.0 Å². The summed E-state index contributed by atoms with van der Waals surface area (Å²) in [7, 11) is 0. The quantitative estimate of drug-likeness (QED) is 0.189. The van der Waals surface area contributed by atoms with E-state index < -0.39 is 41.8 Å². The van der Waals surface area contributed by atoms with E-state index in [1.807, 2.05) is 0 Å². The molecule has 8 N–H and O–H groups in total. The van der Waals surface area contributed by atoms with E-state index in [9.17, 15) is 34.2 Å². The molecule has 0 bridgehead atoms. The number of carbonyl (C=O) groups is 5. The summed E-state index contributed by atoms with van der Waals surface area (Å²) in [4.78, 5) is 60.5. The molecule has 1 heterocycles. The smallest absolute Gasteiger partial charge is 0.326 e. The van der Waals surface area contributed by atoms with Crippen LogP contribution in [-0.2, 0) is 30.4 Å². The zero-order valence-electron chi connectivity index (χ0n) is 18.9. The fraction of sp³-hybridized carbons (Fsp3) is 0.500. The topological polar surface area (TPSA) is 200 Å². The van der Waals surface area contributed by atoms with Crippen molar-refractivity contribution in [2.45, 2.75) is 63.2 Å². The van der Waals surface area contributed by atoms with Crippen LogP contribution in [0.1, 0.15) is 38.2 Å². The van der Waals surface area contributed by atoms with Gasteiger partial charge in [0.25, 0.3) is 0 Å². The van der Waals surface area contributed by atoms with E-state index in [-0.39, 0.29) is 37.0 Å². The summed E-state index contributed by atoms with van der Waals surface area (Å²) >= 11 is 0. The molecule has 0 saturated carbocycles. The second kappa shape index (κ2) is 12.5. The molecule has 4 unspecified atom stereocenters. The van der Waals surface area contributed by atoms with Gasteiger partial charge in [-0.1, -0.05) is 12.1 Å². The second-order valence-corrected chi connectivity index (χ2v) is 8.22. The fourth-order valence-corrected chi connectivity index (χ4v) is 3.48. The maximum absolute atomic E-state index is 12.9. The Hall–Kier alpha value is -3.67. The number of carboxylic acids is 1. The lowest BCUT2D eigenvalue weighted by atomic mass is 10.0. The van der Waals surface area contributed by atoms with E-state index in [1.54, 1.807) is 12.1 Å². The average Bonchev–Trinajstić information content (AvgIpc) is 3.32. The highest BCUT2D eigenvalue weighted by Gasteiger charge is 2.30. The van der Waals surface area contributed by atoms with Gasteiger partial charge in [-0.05, 0) is 50.4 Å². The third kappa shape index (κ3) is 8.35. The minimum atomic E-state index is -1.38. The molecule has 0 radical (unpaired) electrons. The molecule has 12 nitrogen and oxygen atoms in total. The monoisotopic (exact) mass is 477 g/mol. The highest BCUT2D eigenvalue weighted by atomic mass is 16.4. The van der Waals surface area contributed by atoms with Gasteiger partial charge in [-0.3, -0.25) is 19.2 Å². The van der Waals surface area contributed by atoms with E-state index in [1.165, 1.54) is 19.1 Å². The first kappa shape index (κ1) is 26.6. The molecule has 12 heteroatoms. The van der Waals surface area contributed by atoms with Crippen molar-refractivity contribution in [1.82, 2.24) is 21.3 Å². The van der Waals surface area contributed by atoms with E-state index in [2.05, 4.69) is 21.3 Å². The summed E-state index contributed by atoms with van der Waals surface area (Å²) in [5.74, 6) is -3.78. The molecule has 4 atom stereocenters. The van der Waals surface area contributed by atoms with Crippen LogP contribution in [0.2, 0.25) is 0 Å². The molecule has 4 amide bonds. The van der Waals surface area contributed by atoms with Gasteiger partial charge in [0.2, 0.25) is 23.6 Å². The van der Waals surface area contributed by atoms with Gasteiger partial charge in [-0.15, -0.1) is 0 Å². The maximum Gasteiger partial charge on any atom is 0.326 e. The van der Waals surface area contributed by atoms with Crippen molar-refractivity contribution >= 4 is 29.6 Å². The Morgan fingerprint density at radius 2 is 1.71 bits per heavy atom. The number of phenols is 1. The summed E-state index contributed by atoms with van der Waals surface area (Å²) in [5.41, 5.74) is 5.66. The molecule has 186 valence electrons. The zero-order chi connectivity index (χ0) is 25.3. The summed E-state index contributed by atoms with van der Waals surface area (Å²) < 4.78 is 0. The van der Waals surface area contributed by atoms with Crippen molar-refractivity contribution in [2.24, 2.45) is 5.73 Å². The average molecular weight is 478 g/mol. The number of nitrogens with two attached hydrogens (primary N) is 1. The number of carbonyl (C=O) groups excluding carboxylic acids is 4. The molecule has 2 rings (SSSR count). The lowest BCUT2D eigenvalue weighted by Crippen LogP contribution is -2.56. The Bertz CT molecular complexity index is 899. The predicted octanol–water partition coefficient (Wildman–Crippen LogP) is -1.49. The molecular weight excluding hydrogens is 446 g/mol. The van der Waals surface area contributed by atoms with Gasteiger partial charge in [0.1, 0.15) is 23.9 Å². The molecule has 0 aliphatic carbocycles. The van der Waals surface area contributed by atoms with Crippen LogP contribution in [-0.4, -0.2) is 70.5 Å². The van der Waals surface area contributed by atoms with Gasteiger partial charge >= 0.3 is 5.97 Å². The number of benzene rings is 1. The minimum Gasteiger partial charge on any atom is -0.508 e. The molecule has 34 heavy (non-hydrogen) atoms. The lowest BCUT2D eigenvalue weighted by molar-refractivity contribution is -0.142. The first-order valence-corrected chi connectivity index (χ1v) is 11.0. The van der Waals surface area contributed by atoms with Gasteiger partial charge in [0, 0.05) is 12.8 Å². The second-order valence-electron chi connectivity index (χ2n) is 8.22. The van der Waals surface area contributed by atoms with Gasteiger partial charge in [-0.25, -0.2) is 4.79 Å². The van der Waals surface area contributed by atoms with Crippen molar-refractivity contribution in [2.75, 3.05) is 6.54 Å². The Morgan fingerprint density at radius 1 is 1.06 bits per heavy atom. The highest BCUT2D eigenvalue weighted by molar-refractivity contribution is 5.94. The SMILES string of the molecule is CC(NC(=O)C1CCCN1)C(=O)NC(Cc1ccc(O)cc1)C(=O)NC(CCC(N)=O)C(=O)O. The number of hydrogen-bond acceptors (Lipinski definition) is 7. The van der Waals surface area contributed by atoms with Crippen LogP contribution in [0.15, 0.2) is 24.3 Å². The van der Waals surface area contributed by atoms with Crippen molar-refractivity contribution < 1.29 is 34.2 Å². The predicted molar refractivity (Wildman–Crippen MR) is 120 cm³/mol. The number of aromatic hydroxyl groups is 1. The standard InChI is InChI=1S/C22H31N5O7/c1-12(25-20(31)15-3-2-10-24-15)19(30)27-17(11-13-4-6-14(28)7-5-13)21(32)26-16(22(33)34)8-9-18(23)29/h4-7,12,15-17,24,28H,2-3,8-11H2,1H3,(H2,23,29)(H,25,31)(H,26,32)(H,27,30)(H,33,34). The Labute approximate surface area is 196 Å². The van der Waals surface area contributed by atoms with Crippen LogP contribution in [0.3, 0.4) is 0 Å². The molecular formula is C22H31N5O7. The molecule has 0 spiro atoms. The summed E-state index contributed by atoms with van der Waals surface area (Å²) in [5, 5.41) is 29.4. The van der Waals surface area contributed by atoms with E-state index in [4.69, 9.17) is 5.73 Å². The van der Waals surface area contributed by atoms with E-state index in [0.29, 0.717) is 18.5 Å². The molecule has 1 aromatic rings. The van der Waals surface area contributed by atoms with E-state index >= 15 is 0 Å². The Kier molecular flexibility index (Phi) is 9.80. The minimum absolute atomic E-state index is 0.00907.